The predicted molar refractivity (Wildman–Crippen MR) is 140 cm³/mol. The summed E-state index contributed by atoms with van der Waals surface area (Å²) in [5, 5.41) is 0. The standard InChI is InChI=1S/C27H35N3O.2ClH/c31-27-23-9-3-2-8-21(23)25-17-24-19(7-6-10-22(24)26(25)28-27)18-29-15-11-20(12-16-29)30-13-4-1-5-14-30;;/h6-7,10,20H,1-5,8-9,11-18H2,(H,28,31);2*1H. The average Bonchev–Trinajstić information content (AvgIpc) is 3.20. The number of aromatic nitrogens is 1. The molecule has 0 spiro atoms. The molecule has 1 N–H and O–H groups in total. The third-order valence-corrected chi connectivity index (χ3v) is 8.40. The zero-order valence-corrected chi connectivity index (χ0v) is 21.2. The Balaban J connectivity index is 0.00000130. The summed E-state index contributed by atoms with van der Waals surface area (Å²) in [7, 11) is 0. The van der Waals surface area contributed by atoms with Crippen molar-refractivity contribution in [2.45, 2.75) is 76.8 Å². The van der Waals surface area contributed by atoms with E-state index >= 15 is 0 Å². The molecular formula is C27H37Cl2N3O. The number of piperidine rings is 2. The van der Waals surface area contributed by atoms with Crippen LogP contribution in [-0.4, -0.2) is 47.0 Å². The number of nitrogens with zero attached hydrogens (tertiary/aromatic N) is 2. The SMILES string of the molecule is Cl.Cl.O=c1[nH]c2c(c3c1CCCC3)Cc1c(CN3CCC(N4CCCCC4)CC3)cccc1-2. The van der Waals surface area contributed by atoms with Gasteiger partial charge in [-0.05, 0) is 99.8 Å². The van der Waals surface area contributed by atoms with Gasteiger partial charge >= 0.3 is 0 Å². The number of hydrogen-bond acceptors (Lipinski definition) is 3. The Labute approximate surface area is 210 Å². The van der Waals surface area contributed by atoms with Crippen LogP contribution in [0.3, 0.4) is 0 Å². The summed E-state index contributed by atoms with van der Waals surface area (Å²) >= 11 is 0. The van der Waals surface area contributed by atoms with Crippen LogP contribution >= 0.6 is 24.8 Å². The van der Waals surface area contributed by atoms with Crippen LogP contribution in [0.1, 0.15) is 72.8 Å². The van der Waals surface area contributed by atoms with Crippen LogP contribution < -0.4 is 5.56 Å². The van der Waals surface area contributed by atoms with Gasteiger partial charge in [-0.1, -0.05) is 24.6 Å². The first-order chi connectivity index (χ1) is 15.3. The van der Waals surface area contributed by atoms with Crippen LogP contribution in [0, 0.1) is 0 Å². The van der Waals surface area contributed by atoms with Gasteiger partial charge in [0.2, 0.25) is 0 Å². The number of pyridine rings is 1. The first-order valence-corrected chi connectivity index (χ1v) is 12.6. The number of likely N-dealkylation sites (tertiary alicyclic amines) is 2. The molecule has 2 aliphatic heterocycles. The average molecular weight is 491 g/mol. The second-order valence-electron chi connectivity index (χ2n) is 10.2. The van der Waals surface area contributed by atoms with E-state index in [2.05, 4.69) is 33.0 Å². The molecule has 0 atom stereocenters. The van der Waals surface area contributed by atoms with E-state index in [1.165, 1.54) is 92.5 Å². The second kappa shape index (κ2) is 10.5. The number of hydrogen-bond donors (Lipinski definition) is 1. The van der Waals surface area contributed by atoms with Gasteiger partial charge in [-0.25, -0.2) is 0 Å². The minimum absolute atomic E-state index is 0. The monoisotopic (exact) mass is 489 g/mol. The van der Waals surface area contributed by atoms with Crippen molar-refractivity contribution in [3.05, 3.63) is 56.4 Å². The summed E-state index contributed by atoms with van der Waals surface area (Å²) in [6.45, 7) is 6.11. The molecule has 33 heavy (non-hydrogen) atoms. The molecule has 1 aromatic heterocycles. The highest BCUT2D eigenvalue weighted by Crippen LogP contribution is 2.40. The summed E-state index contributed by atoms with van der Waals surface area (Å²) in [6, 6.07) is 7.55. The van der Waals surface area contributed by atoms with Crippen molar-refractivity contribution in [3.63, 3.8) is 0 Å². The topological polar surface area (TPSA) is 39.3 Å². The molecule has 2 aliphatic carbocycles. The molecule has 6 rings (SSSR count). The van der Waals surface area contributed by atoms with Crippen molar-refractivity contribution in [3.8, 4) is 11.3 Å². The molecular weight excluding hydrogens is 453 g/mol. The van der Waals surface area contributed by atoms with Gasteiger partial charge in [-0.3, -0.25) is 9.69 Å². The fraction of sp³-hybridized carbons (Fsp3) is 0.593. The minimum atomic E-state index is 0. The number of halogens is 2. The molecule has 2 saturated heterocycles. The number of fused-ring (bicyclic) bond motifs is 5. The molecule has 1 aromatic carbocycles. The lowest BCUT2D eigenvalue weighted by molar-refractivity contribution is 0.0896. The highest BCUT2D eigenvalue weighted by Gasteiger charge is 2.30. The maximum Gasteiger partial charge on any atom is 0.251 e. The normalized spacial score (nSPS) is 20.8. The molecule has 4 nitrogen and oxygen atoms in total. The van der Waals surface area contributed by atoms with Crippen molar-refractivity contribution in [1.82, 2.24) is 14.8 Å². The van der Waals surface area contributed by atoms with Gasteiger partial charge < -0.3 is 9.88 Å². The number of rotatable bonds is 3. The highest BCUT2D eigenvalue weighted by molar-refractivity contribution is 5.85. The second-order valence-corrected chi connectivity index (χ2v) is 10.2. The summed E-state index contributed by atoms with van der Waals surface area (Å²) in [5.41, 5.74) is 9.34. The highest BCUT2D eigenvalue weighted by atomic mass is 35.5. The van der Waals surface area contributed by atoms with Gasteiger partial charge in [0.15, 0.2) is 0 Å². The molecule has 6 heteroatoms. The maximum atomic E-state index is 12.7. The Morgan fingerprint density at radius 3 is 2.30 bits per heavy atom. The Morgan fingerprint density at radius 2 is 1.55 bits per heavy atom. The third-order valence-electron chi connectivity index (χ3n) is 8.40. The van der Waals surface area contributed by atoms with Crippen LogP contribution in [0.25, 0.3) is 11.3 Å². The predicted octanol–water partition coefficient (Wildman–Crippen LogP) is 5.12. The van der Waals surface area contributed by atoms with E-state index < -0.39 is 0 Å². The molecule has 0 amide bonds. The van der Waals surface area contributed by atoms with E-state index in [0.717, 1.165) is 49.5 Å². The zero-order chi connectivity index (χ0) is 20.8. The molecule has 0 radical (unpaired) electrons. The molecule has 3 heterocycles. The fourth-order valence-corrected chi connectivity index (χ4v) is 6.70. The Hall–Kier alpha value is -1.33. The van der Waals surface area contributed by atoms with Crippen LogP contribution in [-0.2, 0) is 25.8 Å². The van der Waals surface area contributed by atoms with Crippen LogP contribution in [0.15, 0.2) is 23.0 Å². The number of benzene rings is 1. The first kappa shape index (κ1) is 24.8. The molecule has 180 valence electrons. The van der Waals surface area contributed by atoms with Crippen LogP contribution in [0.2, 0.25) is 0 Å². The van der Waals surface area contributed by atoms with Crippen molar-refractivity contribution in [2.75, 3.05) is 26.2 Å². The largest absolute Gasteiger partial charge is 0.321 e. The Bertz CT molecular complexity index is 1040. The van der Waals surface area contributed by atoms with Crippen molar-refractivity contribution >= 4 is 24.8 Å². The smallest absolute Gasteiger partial charge is 0.251 e. The van der Waals surface area contributed by atoms with Crippen molar-refractivity contribution in [1.29, 1.82) is 0 Å². The first-order valence-electron chi connectivity index (χ1n) is 12.6. The van der Waals surface area contributed by atoms with Gasteiger partial charge in [-0.15, -0.1) is 24.8 Å². The zero-order valence-electron chi connectivity index (χ0n) is 19.5. The van der Waals surface area contributed by atoms with E-state index in [0.29, 0.717) is 0 Å². The molecule has 0 bridgehead atoms. The summed E-state index contributed by atoms with van der Waals surface area (Å²) in [6.07, 6.45) is 12.2. The third kappa shape index (κ3) is 4.65. The lowest BCUT2D eigenvalue weighted by Gasteiger charge is -2.40. The van der Waals surface area contributed by atoms with Gasteiger partial charge in [0, 0.05) is 30.1 Å². The molecule has 4 aliphatic rings. The van der Waals surface area contributed by atoms with Gasteiger partial charge in [0.25, 0.3) is 5.56 Å². The Morgan fingerprint density at radius 1 is 0.818 bits per heavy atom. The van der Waals surface area contributed by atoms with Gasteiger partial charge in [0.1, 0.15) is 0 Å². The lowest BCUT2D eigenvalue weighted by atomic mass is 9.88. The van der Waals surface area contributed by atoms with E-state index in [-0.39, 0.29) is 30.4 Å². The Kier molecular flexibility index (Phi) is 7.90. The quantitative estimate of drug-likeness (QED) is 0.554. The van der Waals surface area contributed by atoms with E-state index in [4.69, 9.17) is 0 Å². The van der Waals surface area contributed by atoms with E-state index in [9.17, 15) is 4.79 Å². The molecule has 0 saturated carbocycles. The molecule has 2 aromatic rings. The van der Waals surface area contributed by atoms with Gasteiger partial charge in [-0.2, -0.15) is 0 Å². The summed E-state index contributed by atoms with van der Waals surface area (Å²) < 4.78 is 0. The van der Waals surface area contributed by atoms with Crippen molar-refractivity contribution in [2.24, 2.45) is 0 Å². The van der Waals surface area contributed by atoms with E-state index in [1.807, 2.05) is 0 Å². The number of aromatic amines is 1. The van der Waals surface area contributed by atoms with Gasteiger partial charge in [0.05, 0.1) is 5.69 Å². The minimum Gasteiger partial charge on any atom is -0.321 e. The summed E-state index contributed by atoms with van der Waals surface area (Å²) in [4.78, 5) is 21.4. The fourth-order valence-electron chi connectivity index (χ4n) is 6.70. The molecule has 2 fully saturated rings. The van der Waals surface area contributed by atoms with Crippen LogP contribution in [0.4, 0.5) is 0 Å². The maximum absolute atomic E-state index is 12.7. The number of nitrogens with one attached hydrogen (secondary N) is 1. The number of H-pyrrole nitrogens is 1. The van der Waals surface area contributed by atoms with E-state index in [1.54, 1.807) is 0 Å². The van der Waals surface area contributed by atoms with Crippen LogP contribution in [0.5, 0.6) is 0 Å². The molecule has 0 unspecified atom stereocenters. The van der Waals surface area contributed by atoms with Crippen molar-refractivity contribution < 1.29 is 0 Å². The summed E-state index contributed by atoms with van der Waals surface area (Å²) in [5.74, 6) is 0. The lowest BCUT2D eigenvalue weighted by Crippen LogP contribution is -2.46.